The summed E-state index contributed by atoms with van der Waals surface area (Å²) in [5.74, 6) is -1.09. The van der Waals surface area contributed by atoms with Gasteiger partial charge in [0.2, 0.25) is 0 Å². The summed E-state index contributed by atoms with van der Waals surface area (Å²) >= 11 is 0. The summed E-state index contributed by atoms with van der Waals surface area (Å²) in [6, 6.07) is 1.32. The van der Waals surface area contributed by atoms with Crippen molar-refractivity contribution in [3.05, 3.63) is 35.3 Å². The molecular formula is C10H8N2O3. The normalized spacial score (nSPS) is 10.5. The second-order valence-electron chi connectivity index (χ2n) is 3.20. The van der Waals surface area contributed by atoms with E-state index in [0.717, 1.165) is 5.69 Å². The monoisotopic (exact) mass is 204 g/mol. The largest absolute Gasteiger partial charge is 0.478 e. The molecule has 0 saturated carbocycles. The van der Waals surface area contributed by atoms with Crippen molar-refractivity contribution in [1.82, 2.24) is 9.38 Å². The molecule has 0 radical (unpaired) electrons. The molecule has 76 valence electrons. The number of carbonyl (C=O) groups excluding carboxylic acids is 1. The molecule has 2 rings (SSSR count). The molecule has 0 amide bonds. The molecule has 5 heteroatoms. The van der Waals surface area contributed by atoms with Crippen LogP contribution in [-0.2, 0) is 0 Å². The lowest BCUT2D eigenvalue weighted by Crippen LogP contribution is -2.03. The van der Waals surface area contributed by atoms with Gasteiger partial charge in [0.15, 0.2) is 11.9 Å². The van der Waals surface area contributed by atoms with Crippen LogP contribution in [0.4, 0.5) is 0 Å². The smallest absolute Gasteiger partial charge is 0.339 e. The van der Waals surface area contributed by atoms with Crippen LogP contribution >= 0.6 is 0 Å². The predicted molar refractivity (Wildman–Crippen MR) is 52.3 cm³/mol. The maximum Gasteiger partial charge on any atom is 0.339 e. The third-order valence-electron chi connectivity index (χ3n) is 2.18. The van der Waals surface area contributed by atoms with E-state index in [2.05, 4.69) is 4.98 Å². The van der Waals surface area contributed by atoms with E-state index >= 15 is 0 Å². The number of fused-ring (bicyclic) bond motifs is 1. The van der Waals surface area contributed by atoms with E-state index in [9.17, 15) is 9.59 Å². The molecule has 0 bridgehead atoms. The molecule has 0 aliphatic rings. The summed E-state index contributed by atoms with van der Waals surface area (Å²) < 4.78 is 1.59. The molecule has 15 heavy (non-hydrogen) atoms. The topological polar surface area (TPSA) is 71.7 Å². The molecule has 2 heterocycles. The van der Waals surface area contributed by atoms with Crippen molar-refractivity contribution in [2.24, 2.45) is 0 Å². The van der Waals surface area contributed by atoms with Crippen LogP contribution in [0.5, 0.6) is 0 Å². The van der Waals surface area contributed by atoms with Crippen LogP contribution < -0.4 is 0 Å². The zero-order chi connectivity index (χ0) is 11.0. The first-order chi connectivity index (χ1) is 7.13. The van der Waals surface area contributed by atoms with Gasteiger partial charge in [0.05, 0.1) is 0 Å². The summed E-state index contributed by atoms with van der Waals surface area (Å²) in [6.07, 6.45) is 3.75. The fourth-order valence-corrected chi connectivity index (χ4v) is 1.45. The first-order valence-electron chi connectivity index (χ1n) is 4.29. The number of aromatic nitrogens is 2. The Kier molecular flexibility index (Phi) is 2.00. The summed E-state index contributed by atoms with van der Waals surface area (Å²) in [6.45, 7) is 1.79. The number of carbonyl (C=O) groups is 2. The summed E-state index contributed by atoms with van der Waals surface area (Å²) in [7, 11) is 0. The van der Waals surface area contributed by atoms with Crippen molar-refractivity contribution in [1.29, 1.82) is 0 Å². The van der Waals surface area contributed by atoms with Crippen LogP contribution in [0.2, 0.25) is 0 Å². The number of hydrogen-bond acceptors (Lipinski definition) is 3. The Morgan fingerprint density at radius 3 is 2.93 bits per heavy atom. The van der Waals surface area contributed by atoms with E-state index in [-0.39, 0.29) is 5.56 Å². The molecule has 0 aromatic carbocycles. The Labute approximate surface area is 85.0 Å². The number of carboxylic acid groups (broad SMARTS) is 1. The number of aldehydes is 1. The average Bonchev–Trinajstić information content (AvgIpc) is 2.59. The second kappa shape index (κ2) is 3.20. The van der Waals surface area contributed by atoms with Gasteiger partial charge in [0, 0.05) is 23.7 Å². The van der Waals surface area contributed by atoms with Crippen molar-refractivity contribution in [3.8, 4) is 0 Å². The van der Waals surface area contributed by atoms with Crippen LogP contribution in [0.1, 0.15) is 26.4 Å². The van der Waals surface area contributed by atoms with Gasteiger partial charge >= 0.3 is 5.97 Å². The molecular weight excluding hydrogens is 196 g/mol. The number of hydrogen-bond donors (Lipinski definition) is 1. The molecule has 0 aliphatic heterocycles. The van der Waals surface area contributed by atoms with E-state index in [1.807, 2.05) is 0 Å². The molecule has 2 aromatic rings. The number of aryl methyl sites for hydroxylation is 1. The third kappa shape index (κ3) is 1.38. The molecule has 0 fully saturated rings. The maximum absolute atomic E-state index is 10.9. The lowest BCUT2D eigenvalue weighted by Gasteiger charge is -2.01. The molecule has 1 N–H and O–H groups in total. The summed E-state index contributed by atoms with van der Waals surface area (Å²) in [4.78, 5) is 25.5. The van der Waals surface area contributed by atoms with Gasteiger partial charge in [-0.3, -0.25) is 4.79 Å². The van der Waals surface area contributed by atoms with Crippen LogP contribution in [0, 0.1) is 6.92 Å². The van der Waals surface area contributed by atoms with Gasteiger partial charge in [-0.25, -0.2) is 9.78 Å². The highest BCUT2D eigenvalue weighted by Crippen LogP contribution is 2.13. The zero-order valence-electron chi connectivity index (χ0n) is 7.97. The van der Waals surface area contributed by atoms with Crippen LogP contribution in [0.3, 0.4) is 0 Å². The zero-order valence-corrected chi connectivity index (χ0v) is 7.97. The van der Waals surface area contributed by atoms with Crippen LogP contribution in [-0.4, -0.2) is 26.7 Å². The summed E-state index contributed by atoms with van der Waals surface area (Å²) in [5, 5.41) is 8.94. The number of aromatic carboxylic acids is 1. The fourth-order valence-electron chi connectivity index (χ4n) is 1.45. The van der Waals surface area contributed by atoms with E-state index in [1.165, 1.54) is 6.07 Å². The van der Waals surface area contributed by atoms with Gasteiger partial charge in [0.25, 0.3) is 0 Å². The minimum Gasteiger partial charge on any atom is -0.478 e. The predicted octanol–water partition coefficient (Wildman–Crippen LogP) is 1.15. The van der Waals surface area contributed by atoms with Crippen molar-refractivity contribution in [3.63, 3.8) is 0 Å². The average molecular weight is 204 g/mol. The van der Waals surface area contributed by atoms with Crippen molar-refractivity contribution in [2.75, 3.05) is 0 Å². The Morgan fingerprint density at radius 1 is 1.60 bits per heavy atom. The standard InChI is InChI=1S/C10H8N2O3/c1-6-3-11-9-8(10(14)15)2-7(5-13)4-12(6)9/h2-5H,1H3,(H,14,15). The van der Waals surface area contributed by atoms with Gasteiger partial charge in [-0.2, -0.15) is 0 Å². The molecule has 0 aliphatic carbocycles. The third-order valence-corrected chi connectivity index (χ3v) is 2.18. The summed E-state index contributed by atoms with van der Waals surface area (Å²) in [5.41, 5.74) is 1.50. The van der Waals surface area contributed by atoms with E-state index in [0.29, 0.717) is 17.5 Å². The van der Waals surface area contributed by atoms with Gasteiger partial charge < -0.3 is 9.51 Å². The number of rotatable bonds is 2. The SMILES string of the molecule is Cc1cnc2c(C(=O)O)cc(C=O)cn12. The first-order valence-corrected chi connectivity index (χ1v) is 4.29. The number of imidazole rings is 1. The Balaban J connectivity index is 2.88. The molecule has 5 nitrogen and oxygen atoms in total. The molecule has 0 atom stereocenters. The highest BCUT2D eigenvalue weighted by Gasteiger charge is 2.13. The maximum atomic E-state index is 10.9. The van der Waals surface area contributed by atoms with E-state index in [4.69, 9.17) is 5.11 Å². The fraction of sp³-hybridized carbons (Fsp3) is 0.100. The minimum atomic E-state index is -1.09. The Hall–Kier alpha value is -2.17. The molecule has 0 unspecified atom stereocenters. The first kappa shape index (κ1) is 9.39. The van der Waals surface area contributed by atoms with Gasteiger partial charge in [-0.15, -0.1) is 0 Å². The molecule has 2 aromatic heterocycles. The lowest BCUT2D eigenvalue weighted by molar-refractivity contribution is 0.0698. The van der Waals surface area contributed by atoms with Gasteiger partial charge in [-0.05, 0) is 13.0 Å². The van der Waals surface area contributed by atoms with Crippen molar-refractivity contribution >= 4 is 17.9 Å². The van der Waals surface area contributed by atoms with E-state index in [1.54, 1.807) is 23.7 Å². The van der Waals surface area contributed by atoms with E-state index < -0.39 is 5.97 Å². The molecule has 0 spiro atoms. The highest BCUT2D eigenvalue weighted by molar-refractivity contribution is 5.96. The highest BCUT2D eigenvalue weighted by atomic mass is 16.4. The van der Waals surface area contributed by atoms with Gasteiger partial charge in [-0.1, -0.05) is 0 Å². The lowest BCUT2D eigenvalue weighted by atomic mass is 10.2. The number of pyridine rings is 1. The van der Waals surface area contributed by atoms with Crippen molar-refractivity contribution < 1.29 is 14.7 Å². The van der Waals surface area contributed by atoms with Crippen molar-refractivity contribution in [2.45, 2.75) is 6.92 Å². The quantitative estimate of drug-likeness (QED) is 0.745. The second-order valence-corrected chi connectivity index (χ2v) is 3.20. The number of carboxylic acids is 1. The minimum absolute atomic E-state index is 0.0349. The Morgan fingerprint density at radius 2 is 2.33 bits per heavy atom. The van der Waals surface area contributed by atoms with Gasteiger partial charge in [0.1, 0.15) is 5.56 Å². The Bertz CT molecular complexity index is 557. The van der Waals surface area contributed by atoms with Crippen LogP contribution in [0.25, 0.3) is 5.65 Å². The molecule has 0 saturated heterocycles. The van der Waals surface area contributed by atoms with Crippen LogP contribution in [0.15, 0.2) is 18.5 Å². The number of nitrogens with zero attached hydrogens (tertiary/aromatic N) is 2.